The number of amides is 1. The molecule has 2 rings (SSSR count). The normalized spacial score (nSPS) is 20.4. The largest absolute Gasteiger partial charge is 0.378 e. The number of H-pyrrole nitrogens is 1. The van der Waals surface area contributed by atoms with Crippen LogP contribution in [-0.4, -0.2) is 28.6 Å². The summed E-state index contributed by atoms with van der Waals surface area (Å²) in [5, 5.41) is 2.68. The van der Waals surface area contributed by atoms with E-state index in [-0.39, 0.29) is 12.0 Å². The number of carbonyl (C=O) groups excluding carboxylic acids is 1. The lowest BCUT2D eigenvalue weighted by Crippen LogP contribution is -2.15. The van der Waals surface area contributed by atoms with Crippen LogP contribution in [0.1, 0.15) is 25.7 Å². The minimum absolute atomic E-state index is 0.0135. The molecule has 0 bridgehead atoms. The molecule has 1 unspecified atom stereocenters. The fourth-order valence-corrected chi connectivity index (χ4v) is 1.69. The standard InChI is InChI=1S/C10H15N3O2/c14-9(13-10-11-5-6-12-10)4-3-8-2-1-7-15-8/h5-6,8H,1-4,7H2,(H2,11,12,13,14). The van der Waals surface area contributed by atoms with Crippen molar-refractivity contribution in [1.82, 2.24) is 9.97 Å². The topological polar surface area (TPSA) is 67.0 Å². The lowest BCUT2D eigenvalue weighted by Gasteiger charge is -2.07. The number of hydrogen-bond acceptors (Lipinski definition) is 3. The minimum Gasteiger partial charge on any atom is -0.378 e. The second-order valence-electron chi connectivity index (χ2n) is 3.66. The van der Waals surface area contributed by atoms with Crippen LogP contribution in [0.25, 0.3) is 0 Å². The van der Waals surface area contributed by atoms with E-state index in [1.807, 2.05) is 0 Å². The first-order valence-electron chi connectivity index (χ1n) is 5.25. The summed E-state index contributed by atoms with van der Waals surface area (Å²) in [5.41, 5.74) is 0. The van der Waals surface area contributed by atoms with E-state index in [0.29, 0.717) is 12.4 Å². The van der Waals surface area contributed by atoms with E-state index in [9.17, 15) is 4.79 Å². The fourth-order valence-electron chi connectivity index (χ4n) is 1.69. The number of imidazole rings is 1. The molecule has 0 saturated carbocycles. The van der Waals surface area contributed by atoms with Crippen molar-refractivity contribution in [3.63, 3.8) is 0 Å². The van der Waals surface area contributed by atoms with E-state index < -0.39 is 0 Å². The van der Waals surface area contributed by atoms with Gasteiger partial charge < -0.3 is 9.72 Å². The zero-order valence-corrected chi connectivity index (χ0v) is 8.53. The molecular formula is C10H15N3O2. The van der Waals surface area contributed by atoms with Crippen LogP contribution in [0, 0.1) is 0 Å². The molecule has 2 N–H and O–H groups in total. The van der Waals surface area contributed by atoms with Crippen molar-refractivity contribution in [2.45, 2.75) is 31.8 Å². The minimum atomic E-state index is -0.0135. The van der Waals surface area contributed by atoms with Crippen LogP contribution in [0.3, 0.4) is 0 Å². The Balaban J connectivity index is 1.68. The number of nitrogens with one attached hydrogen (secondary N) is 2. The average Bonchev–Trinajstić information content (AvgIpc) is 2.86. The molecule has 0 radical (unpaired) electrons. The van der Waals surface area contributed by atoms with Crippen molar-refractivity contribution in [1.29, 1.82) is 0 Å². The van der Waals surface area contributed by atoms with Crippen molar-refractivity contribution in [3.05, 3.63) is 12.4 Å². The number of aromatic amines is 1. The SMILES string of the molecule is O=C(CCC1CCCO1)Nc1ncc[nH]1. The van der Waals surface area contributed by atoms with Crippen molar-refractivity contribution < 1.29 is 9.53 Å². The van der Waals surface area contributed by atoms with Crippen LogP contribution >= 0.6 is 0 Å². The predicted octanol–water partition coefficient (Wildman–Crippen LogP) is 1.31. The van der Waals surface area contributed by atoms with Gasteiger partial charge in [-0.1, -0.05) is 0 Å². The van der Waals surface area contributed by atoms with Crippen molar-refractivity contribution in [2.24, 2.45) is 0 Å². The molecule has 1 saturated heterocycles. The van der Waals surface area contributed by atoms with E-state index in [1.165, 1.54) is 0 Å². The molecule has 1 aromatic heterocycles. The molecule has 82 valence electrons. The van der Waals surface area contributed by atoms with E-state index >= 15 is 0 Å². The molecule has 1 atom stereocenters. The lowest BCUT2D eigenvalue weighted by molar-refractivity contribution is -0.116. The third-order valence-corrected chi connectivity index (χ3v) is 2.47. The summed E-state index contributed by atoms with van der Waals surface area (Å²) in [6, 6.07) is 0. The quantitative estimate of drug-likeness (QED) is 0.785. The maximum absolute atomic E-state index is 11.4. The summed E-state index contributed by atoms with van der Waals surface area (Å²) >= 11 is 0. The number of rotatable bonds is 4. The first-order valence-corrected chi connectivity index (χ1v) is 5.25. The average molecular weight is 209 g/mol. The molecule has 5 nitrogen and oxygen atoms in total. The molecule has 1 amide bonds. The summed E-state index contributed by atoms with van der Waals surface area (Å²) in [5.74, 6) is 0.493. The molecule has 2 heterocycles. The summed E-state index contributed by atoms with van der Waals surface area (Å²) in [6.45, 7) is 0.838. The van der Waals surface area contributed by atoms with Gasteiger partial charge in [0.1, 0.15) is 0 Å². The molecule has 0 aromatic carbocycles. The van der Waals surface area contributed by atoms with Gasteiger partial charge >= 0.3 is 0 Å². The van der Waals surface area contributed by atoms with Gasteiger partial charge in [0.15, 0.2) is 0 Å². The second-order valence-corrected chi connectivity index (χ2v) is 3.66. The molecule has 0 aliphatic carbocycles. The number of carbonyl (C=O) groups is 1. The Kier molecular flexibility index (Phi) is 3.34. The van der Waals surface area contributed by atoms with Crippen LogP contribution in [0.5, 0.6) is 0 Å². The zero-order valence-electron chi connectivity index (χ0n) is 8.53. The number of ether oxygens (including phenoxy) is 1. The highest BCUT2D eigenvalue weighted by Gasteiger charge is 2.16. The van der Waals surface area contributed by atoms with Crippen molar-refractivity contribution in [2.75, 3.05) is 11.9 Å². The summed E-state index contributed by atoms with van der Waals surface area (Å²) in [6.07, 6.45) is 7.04. The van der Waals surface area contributed by atoms with Gasteiger partial charge in [-0.2, -0.15) is 0 Å². The monoisotopic (exact) mass is 209 g/mol. The van der Waals surface area contributed by atoms with Crippen LogP contribution in [-0.2, 0) is 9.53 Å². The third kappa shape index (κ3) is 3.06. The second kappa shape index (κ2) is 4.93. The maximum Gasteiger partial charge on any atom is 0.226 e. The van der Waals surface area contributed by atoms with Crippen LogP contribution in [0.2, 0.25) is 0 Å². The van der Waals surface area contributed by atoms with Gasteiger partial charge in [-0.25, -0.2) is 4.98 Å². The summed E-state index contributed by atoms with van der Waals surface area (Å²) in [7, 11) is 0. The zero-order chi connectivity index (χ0) is 10.5. The number of hydrogen-bond donors (Lipinski definition) is 2. The van der Waals surface area contributed by atoms with E-state index in [1.54, 1.807) is 12.4 Å². The van der Waals surface area contributed by atoms with Crippen molar-refractivity contribution in [3.8, 4) is 0 Å². The number of nitrogens with zero attached hydrogens (tertiary/aromatic N) is 1. The van der Waals surface area contributed by atoms with E-state index in [0.717, 1.165) is 25.9 Å². The van der Waals surface area contributed by atoms with Gasteiger partial charge in [-0.15, -0.1) is 0 Å². The highest BCUT2D eigenvalue weighted by atomic mass is 16.5. The van der Waals surface area contributed by atoms with E-state index in [4.69, 9.17) is 4.74 Å². The smallest absolute Gasteiger partial charge is 0.226 e. The molecular weight excluding hydrogens is 194 g/mol. The first-order chi connectivity index (χ1) is 7.34. The maximum atomic E-state index is 11.4. The molecule has 5 heteroatoms. The predicted molar refractivity (Wildman–Crippen MR) is 55.4 cm³/mol. The van der Waals surface area contributed by atoms with Gasteiger partial charge in [0, 0.05) is 25.4 Å². The molecule has 1 aliphatic rings. The Labute approximate surface area is 88.2 Å². The van der Waals surface area contributed by atoms with Gasteiger partial charge in [0.25, 0.3) is 0 Å². The molecule has 15 heavy (non-hydrogen) atoms. The van der Waals surface area contributed by atoms with Gasteiger partial charge in [-0.3, -0.25) is 10.1 Å². The first kappa shape index (κ1) is 10.2. The Bertz CT molecular complexity index is 304. The van der Waals surface area contributed by atoms with Crippen LogP contribution in [0.15, 0.2) is 12.4 Å². The Morgan fingerprint density at radius 2 is 2.67 bits per heavy atom. The Morgan fingerprint density at radius 1 is 1.73 bits per heavy atom. The van der Waals surface area contributed by atoms with Crippen LogP contribution < -0.4 is 5.32 Å². The summed E-state index contributed by atoms with van der Waals surface area (Å²) < 4.78 is 5.44. The lowest BCUT2D eigenvalue weighted by atomic mass is 10.1. The Hall–Kier alpha value is -1.36. The van der Waals surface area contributed by atoms with Crippen LogP contribution in [0.4, 0.5) is 5.95 Å². The van der Waals surface area contributed by atoms with E-state index in [2.05, 4.69) is 15.3 Å². The number of anilines is 1. The third-order valence-electron chi connectivity index (χ3n) is 2.47. The number of aromatic nitrogens is 2. The summed E-state index contributed by atoms with van der Waals surface area (Å²) in [4.78, 5) is 18.2. The molecule has 0 spiro atoms. The van der Waals surface area contributed by atoms with Crippen molar-refractivity contribution >= 4 is 11.9 Å². The van der Waals surface area contributed by atoms with Gasteiger partial charge in [0.05, 0.1) is 6.10 Å². The van der Waals surface area contributed by atoms with Gasteiger partial charge in [0.2, 0.25) is 11.9 Å². The molecule has 1 aromatic rings. The fraction of sp³-hybridized carbons (Fsp3) is 0.600. The molecule has 1 aliphatic heterocycles. The molecule has 1 fully saturated rings. The highest BCUT2D eigenvalue weighted by Crippen LogP contribution is 2.16. The van der Waals surface area contributed by atoms with Gasteiger partial charge in [-0.05, 0) is 19.3 Å². The Morgan fingerprint density at radius 3 is 3.33 bits per heavy atom. The highest BCUT2D eigenvalue weighted by molar-refractivity contribution is 5.88.